The first-order valence-electron chi connectivity index (χ1n) is 10.4. The summed E-state index contributed by atoms with van der Waals surface area (Å²) in [6, 6.07) is 28.1. The molecule has 4 heteroatoms. The standard InChI is InChI=1S/C26H26N2O2/c1-27(19-21-12-6-3-7-13-21)25(29)23-16-17-28(26(23)30)24-15-9-8-14-22(24)18-20-10-4-2-5-11-20/h2-15,23H,16-19H2,1H3. The highest BCUT2D eigenvalue weighted by atomic mass is 16.2. The van der Waals surface area contributed by atoms with E-state index in [9.17, 15) is 9.59 Å². The van der Waals surface area contributed by atoms with Gasteiger partial charge >= 0.3 is 0 Å². The predicted molar refractivity (Wildman–Crippen MR) is 119 cm³/mol. The SMILES string of the molecule is CN(Cc1ccccc1)C(=O)C1CCN(c2ccccc2Cc2ccccc2)C1=O. The molecule has 2 amide bonds. The van der Waals surface area contributed by atoms with Crippen molar-refractivity contribution in [2.24, 2.45) is 5.92 Å². The van der Waals surface area contributed by atoms with Crippen molar-refractivity contribution in [1.29, 1.82) is 0 Å². The number of amides is 2. The van der Waals surface area contributed by atoms with E-state index >= 15 is 0 Å². The Morgan fingerprint density at radius 2 is 1.50 bits per heavy atom. The number of nitrogens with zero attached hydrogens (tertiary/aromatic N) is 2. The van der Waals surface area contributed by atoms with Gasteiger partial charge in [0.1, 0.15) is 5.92 Å². The smallest absolute Gasteiger partial charge is 0.239 e. The van der Waals surface area contributed by atoms with Crippen LogP contribution >= 0.6 is 0 Å². The summed E-state index contributed by atoms with van der Waals surface area (Å²) in [6.45, 7) is 1.08. The van der Waals surface area contributed by atoms with Crippen molar-refractivity contribution < 1.29 is 9.59 Å². The second-order valence-electron chi connectivity index (χ2n) is 7.80. The molecule has 1 atom stereocenters. The van der Waals surface area contributed by atoms with E-state index in [1.54, 1.807) is 16.8 Å². The van der Waals surface area contributed by atoms with Crippen molar-refractivity contribution in [3.8, 4) is 0 Å². The monoisotopic (exact) mass is 398 g/mol. The maximum absolute atomic E-state index is 13.2. The molecule has 1 saturated heterocycles. The molecule has 152 valence electrons. The average molecular weight is 399 g/mol. The van der Waals surface area contributed by atoms with E-state index < -0.39 is 5.92 Å². The fraction of sp³-hybridized carbons (Fsp3) is 0.231. The highest BCUT2D eigenvalue weighted by molar-refractivity contribution is 6.09. The Morgan fingerprint density at radius 3 is 2.20 bits per heavy atom. The van der Waals surface area contributed by atoms with Gasteiger partial charge in [-0.3, -0.25) is 9.59 Å². The summed E-state index contributed by atoms with van der Waals surface area (Å²) < 4.78 is 0. The lowest BCUT2D eigenvalue weighted by Crippen LogP contribution is -2.38. The van der Waals surface area contributed by atoms with E-state index in [-0.39, 0.29) is 11.8 Å². The molecule has 4 rings (SSSR count). The minimum Gasteiger partial charge on any atom is -0.341 e. The van der Waals surface area contributed by atoms with E-state index in [4.69, 9.17) is 0 Å². The molecule has 1 heterocycles. The average Bonchev–Trinajstić information content (AvgIpc) is 3.16. The summed E-state index contributed by atoms with van der Waals surface area (Å²) in [5.41, 5.74) is 4.27. The van der Waals surface area contributed by atoms with Gasteiger partial charge in [0.25, 0.3) is 0 Å². The molecular formula is C26H26N2O2. The Balaban J connectivity index is 1.49. The summed E-state index contributed by atoms with van der Waals surface area (Å²) in [6.07, 6.45) is 1.31. The molecular weight excluding hydrogens is 372 g/mol. The largest absolute Gasteiger partial charge is 0.341 e. The molecule has 0 bridgehead atoms. The van der Waals surface area contributed by atoms with Gasteiger partial charge in [-0.1, -0.05) is 78.9 Å². The van der Waals surface area contributed by atoms with Crippen molar-refractivity contribution in [2.75, 3.05) is 18.5 Å². The third-order valence-electron chi connectivity index (χ3n) is 5.66. The predicted octanol–water partition coefficient (Wildman–Crippen LogP) is 4.29. The van der Waals surface area contributed by atoms with Crippen LogP contribution in [0, 0.1) is 5.92 Å². The highest BCUT2D eigenvalue weighted by Gasteiger charge is 2.39. The first-order valence-corrected chi connectivity index (χ1v) is 10.4. The minimum atomic E-state index is -0.608. The maximum atomic E-state index is 13.2. The van der Waals surface area contributed by atoms with E-state index in [0.29, 0.717) is 19.5 Å². The lowest BCUT2D eigenvalue weighted by molar-refractivity contribution is -0.139. The number of hydrogen-bond acceptors (Lipinski definition) is 2. The highest BCUT2D eigenvalue weighted by Crippen LogP contribution is 2.30. The van der Waals surface area contributed by atoms with Crippen LogP contribution in [0.15, 0.2) is 84.9 Å². The lowest BCUT2D eigenvalue weighted by atomic mass is 10.0. The number of benzene rings is 3. The van der Waals surface area contributed by atoms with Gasteiger partial charge in [-0.05, 0) is 35.6 Å². The molecule has 1 unspecified atom stereocenters. The van der Waals surface area contributed by atoms with Crippen LogP contribution in [0.3, 0.4) is 0 Å². The minimum absolute atomic E-state index is 0.0968. The molecule has 0 spiro atoms. The van der Waals surface area contributed by atoms with Gasteiger partial charge in [0, 0.05) is 25.8 Å². The zero-order valence-electron chi connectivity index (χ0n) is 17.2. The molecule has 0 aliphatic carbocycles. The molecule has 0 saturated carbocycles. The summed E-state index contributed by atoms with van der Waals surface area (Å²) in [5, 5.41) is 0. The van der Waals surface area contributed by atoms with Crippen LogP contribution in [0.4, 0.5) is 5.69 Å². The van der Waals surface area contributed by atoms with Crippen LogP contribution in [-0.4, -0.2) is 30.3 Å². The van der Waals surface area contributed by atoms with Crippen molar-refractivity contribution >= 4 is 17.5 Å². The Hall–Kier alpha value is -3.40. The molecule has 1 aliphatic heterocycles. The van der Waals surface area contributed by atoms with Gasteiger partial charge in [-0.15, -0.1) is 0 Å². The Morgan fingerprint density at radius 1 is 0.900 bits per heavy atom. The molecule has 1 fully saturated rings. The number of carbonyl (C=O) groups is 2. The maximum Gasteiger partial charge on any atom is 0.239 e. The second kappa shape index (κ2) is 8.95. The van der Waals surface area contributed by atoms with E-state index in [1.807, 2.05) is 66.7 Å². The number of rotatable bonds is 6. The van der Waals surface area contributed by atoms with Gasteiger partial charge in [-0.25, -0.2) is 0 Å². The topological polar surface area (TPSA) is 40.6 Å². The van der Waals surface area contributed by atoms with Crippen molar-refractivity contribution in [2.45, 2.75) is 19.4 Å². The molecule has 3 aromatic carbocycles. The molecule has 0 aromatic heterocycles. The summed E-state index contributed by atoms with van der Waals surface area (Å²) in [7, 11) is 1.77. The molecule has 4 nitrogen and oxygen atoms in total. The van der Waals surface area contributed by atoms with E-state index in [2.05, 4.69) is 18.2 Å². The number of carbonyl (C=O) groups excluding carboxylic acids is 2. The van der Waals surface area contributed by atoms with Crippen molar-refractivity contribution in [3.63, 3.8) is 0 Å². The van der Waals surface area contributed by atoms with Crippen LogP contribution in [0.1, 0.15) is 23.1 Å². The van der Waals surface area contributed by atoms with Crippen molar-refractivity contribution in [3.05, 3.63) is 102 Å². The third-order valence-corrected chi connectivity index (χ3v) is 5.66. The fourth-order valence-electron chi connectivity index (χ4n) is 4.09. The summed E-state index contributed by atoms with van der Waals surface area (Å²) >= 11 is 0. The summed E-state index contributed by atoms with van der Waals surface area (Å²) in [5.74, 6) is -0.809. The van der Waals surface area contributed by atoms with E-state index in [1.165, 1.54) is 5.56 Å². The number of anilines is 1. The quantitative estimate of drug-likeness (QED) is 0.581. The molecule has 0 N–H and O–H groups in total. The zero-order chi connectivity index (χ0) is 20.9. The van der Waals surface area contributed by atoms with Gasteiger partial charge < -0.3 is 9.80 Å². The fourth-order valence-corrected chi connectivity index (χ4v) is 4.09. The van der Waals surface area contributed by atoms with Crippen LogP contribution in [0.2, 0.25) is 0 Å². The molecule has 0 radical (unpaired) electrons. The molecule has 1 aliphatic rings. The van der Waals surface area contributed by atoms with E-state index in [0.717, 1.165) is 23.2 Å². The Bertz CT molecular complexity index is 1020. The summed E-state index contributed by atoms with van der Waals surface area (Å²) in [4.78, 5) is 29.6. The van der Waals surface area contributed by atoms with Gasteiger partial charge in [-0.2, -0.15) is 0 Å². The molecule has 30 heavy (non-hydrogen) atoms. The van der Waals surface area contributed by atoms with Gasteiger partial charge in [0.2, 0.25) is 11.8 Å². The van der Waals surface area contributed by atoms with Crippen LogP contribution in [0.25, 0.3) is 0 Å². The van der Waals surface area contributed by atoms with Crippen LogP contribution in [0.5, 0.6) is 0 Å². The number of para-hydroxylation sites is 1. The number of hydrogen-bond donors (Lipinski definition) is 0. The third kappa shape index (κ3) is 4.28. The zero-order valence-corrected chi connectivity index (χ0v) is 17.2. The first kappa shape index (κ1) is 19.9. The van der Waals surface area contributed by atoms with Gasteiger partial charge in [0.05, 0.1) is 0 Å². The normalized spacial score (nSPS) is 16.0. The first-order chi connectivity index (χ1) is 14.6. The molecule has 3 aromatic rings. The Labute approximate surface area is 177 Å². The van der Waals surface area contributed by atoms with Crippen LogP contribution in [-0.2, 0) is 22.6 Å². The van der Waals surface area contributed by atoms with Crippen LogP contribution < -0.4 is 4.90 Å². The van der Waals surface area contributed by atoms with Gasteiger partial charge in [0.15, 0.2) is 0 Å². The second-order valence-corrected chi connectivity index (χ2v) is 7.80. The lowest BCUT2D eigenvalue weighted by Gasteiger charge is -2.23. The van der Waals surface area contributed by atoms with Crippen molar-refractivity contribution in [1.82, 2.24) is 4.90 Å². The Kier molecular flexibility index (Phi) is 5.94.